The molecule has 1 fully saturated rings. The van der Waals surface area contributed by atoms with Crippen LogP contribution in [0.4, 0.5) is 0 Å². The summed E-state index contributed by atoms with van der Waals surface area (Å²) in [6.07, 6.45) is 1.52. The molecule has 124 valence electrons. The van der Waals surface area contributed by atoms with Crippen LogP contribution in [-0.2, 0) is 11.3 Å². The molecule has 0 radical (unpaired) electrons. The minimum absolute atomic E-state index is 0.0528. The van der Waals surface area contributed by atoms with E-state index in [-0.39, 0.29) is 24.8 Å². The summed E-state index contributed by atoms with van der Waals surface area (Å²) in [4.78, 5) is 14.0. The lowest BCUT2D eigenvalue weighted by Gasteiger charge is -2.44. The minimum atomic E-state index is -0.719. The fourth-order valence-corrected chi connectivity index (χ4v) is 3.12. The maximum Gasteiger partial charge on any atom is 0.289 e. The molecule has 2 atom stereocenters. The summed E-state index contributed by atoms with van der Waals surface area (Å²) >= 11 is 0. The molecule has 2 heterocycles. The summed E-state index contributed by atoms with van der Waals surface area (Å²) in [5.41, 5.74) is -0.490. The first-order valence-electron chi connectivity index (χ1n) is 7.72. The normalized spacial score (nSPS) is 25.5. The third-order valence-electron chi connectivity index (χ3n) is 4.49. The lowest BCUT2D eigenvalue weighted by Crippen LogP contribution is -2.54. The summed E-state index contributed by atoms with van der Waals surface area (Å²) in [6, 6.07) is 3.34. The highest BCUT2D eigenvalue weighted by Gasteiger charge is 2.42. The third-order valence-corrected chi connectivity index (χ3v) is 4.49. The summed E-state index contributed by atoms with van der Waals surface area (Å²) in [7, 11) is 1.56. The SMILES string of the molecule is CCC[C@]1(CO)CCN(C(=O)c2ccc(COC)o2)C[C@H]1O. The molecule has 6 heteroatoms. The van der Waals surface area contributed by atoms with Crippen LogP contribution < -0.4 is 0 Å². The van der Waals surface area contributed by atoms with E-state index in [4.69, 9.17) is 9.15 Å². The van der Waals surface area contributed by atoms with Gasteiger partial charge in [0.05, 0.1) is 12.7 Å². The van der Waals surface area contributed by atoms with Gasteiger partial charge in [-0.25, -0.2) is 0 Å². The van der Waals surface area contributed by atoms with Gasteiger partial charge >= 0.3 is 0 Å². The number of amides is 1. The quantitative estimate of drug-likeness (QED) is 0.830. The zero-order valence-electron chi connectivity index (χ0n) is 13.2. The molecule has 1 amide bonds. The number of hydrogen-bond donors (Lipinski definition) is 2. The fourth-order valence-electron chi connectivity index (χ4n) is 3.12. The van der Waals surface area contributed by atoms with Crippen LogP contribution in [0.2, 0.25) is 0 Å². The fraction of sp³-hybridized carbons (Fsp3) is 0.688. The molecule has 0 saturated carbocycles. The molecule has 1 aromatic heterocycles. The van der Waals surface area contributed by atoms with Crippen LogP contribution in [0.15, 0.2) is 16.5 Å². The number of furan rings is 1. The lowest BCUT2D eigenvalue weighted by molar-refractivity contribution is -0.0717. The van der Waals surface area contributed by atoms with E-state index >= 15 is 0 Å². The molecule has 6 nitrogen and oxygen atoms in total. The molecule has 1 aromatic rings. The molecule has 0 spiro atoms. The molecule has 0 unspecified atom stereocenters. The van der Waals surface area contributed by atoms with E-state index in [1.807, 2.05) is 6.92 Å². The van der Waals surface area contributed by atoms with Gasteiger partial charge in [-0.2, -0.15) is 0 Å². The predicted octanol–water partition coefficient (Wildman–Crippen LogP) is 1.41. The Kier molecular flexibility index (Phi) is 5.61. The van der Waals surface area contributed by atoms with Crippen molar-refractivity contribution < 1.29 is 24.2 Å². The second-order valence-corrected chi connectivity index (χ2v) is 5.99. The van der Waals surface area contributed by atoms with Crippen molar-refractivity contribution in [1.29, 1.82) is 0 Å². The van der Waals surface area contributed by atoms with Gasteiger partial charge in [-0.15, -0.1) is 0 Å². The monoisotopic (exact) mass is 311 g/mol. The van der Waals surface area contributed by atoms with Crippen LogP contribution in [-0.4, -0.2) is 53.9 Å². The maximum absolute atomic E-state index is 12.4. The topological polar surface area (TPSA) is 83.1 Å². The number of carbonyl (C=O) groups excluding carboxylic acids is 1. The van der Waals surface area contributed by atoms with Crippen molar-refractivity contribution in [3.8, 4) is 0 Å². The number of ether oxygens (including phenoxy) is 1. The Balaban J connectivity index is 2.04. The third kappa shape index (κ3) is 3.34. The van der Waals surface area contributed by atoms with Gasteiger partial charge in [0, 0.05) is 25.6 Å². The molecule has 1 aliphatic rings. The van der Waals surface area contributed by atoms with E-state index in [1.165, 1.54) is 0 Å². The molecular weight excluding hydrogens is 286 g/mol. The van der Waals surface area contributed by atoms with Gasteiger partial charge in [0.2, 0.25) is 0 Å². The van der Waals surface area contributed by atoms with Gasteiger partial charge in [0.15, 0.2) is 5.76 Å². The average Bonchev–Trinajstić information content (AvgIpc) is 2.98. The first-order chi connectivity index (χ1) is 10.6. The highest BCUT2D eigenvalue weighted by Crippen LogP contribution is 2.36. The second kappa shape index (κ2) is 7.26. The number of aliphatic hydroxyl groups is 2. The van der Waals surface area contributed by atoms with E-state index in [0.717, 1.165) is 12.8 Å². The number of piperidine rings is 1. The van der Waals surface area contributed by atoms with Crippen molar-refractivity contribution in [2.24, 2.45) is 5.41 Å². The van der Waals surface area contributed by atoms with E-state index in [9.17, 15) is 15.0 Å². The van der Waals surface area contributed by atoms with E-state index in [2.05, 4.69) is 0 Å². The zero-order valence-corrected chi connectivity index (χ0v) is 13.2. The van der Waals surface area contributed by atoms with Gasteiger partial charge in [-0.1, -0.05) is 13.3 Å². The summed E-state index contributed by atoms with van der Waals surface area (Å²) in [5, 5.41) is 20.1. The summed E-state index contributed by atoms with van der Waals surface area (Å²) in [5.74, 6) is 0.620. The largest absolute Gasteiger partial charge is 0.453 e. The number of rotatable bonds is 6. The summed E-state index contributed by atoms with van der Waals surface area (Å²) < 4.78 is 10.4. The average molecular weight is 311 g/mol. The van der Waals surface area contributed by atoms with Crippen LogP contribution in [0.1, 0.15) is 42.5 Å². The predicted molar refractivity (Wildman–Crippen MR) is 80.4 cm³/mol. The van der Waals surface area contributed by atoms with Gasteiger partial charge < -0.3 is 24.3 Å². The Morgan fingerprint density at radius 2 is 2.32 bits per heavy atom. The Hall–Kier alpha value is -1.37. The van der Waals surface area contributed by atoms with Crippen molar-refractivity contribution in [1.82, 2.24) is 4.90 Å². The lowest BCUT2D eigenvalue weighted by atomic mass is 9.73. The van der Waals surface area contributed by atoms with Crippen LogP contribution in [0, 0.1) is 5.41 Å². The van der Waals surface area contributed by atoms with Gasteiger partial charge in [-0.05, 0) is 25.0 Å². The second-order valence-electron chi connectivity index (χ2n) is 5.99. The van der Waals surface area contributed by atoms with Crippen LogP contribution in [0.25, 0.3) is 0 Å². The van der Waals surface area contributed by atoms with Gasteiger partial charge in [0.1, 0.15) is 12.4 Å². The van der Waals surface area contributed by atoms with Crippen molar-refractivity contribution in [3.05, 3.63) is 23.7 Å². The highest BCUT2D eigenvalue weighted by molar-refractivity contribution is 5.91. The van der Waals surface area contributed by atoms with Crippen LogP contribution in [0.5, 0.6) is 0 Å². The maximum atomic E-state index is 12.4. The van der Waals surface area contributed by atoms with Crippen molar-refractivity contribution >= 4 is 5.91 Å². The molecule has 2 N–H and O–H groups in total. The molecule has 0 bridgehead atoms. The Labute approximate surface area is 130 Å². The first-order valence-corrected chi connectivity index (χ1v) is 7.72. The smallest absolute Gasteiger partial charge is 0.289 e. The number of β-amino-alcohol motifs (C(OH)–C–C–N with tert-alkyl or cyclic N) is 1. The van der Waals surface area contributed by atoms with Crippen LogP contribution in [0.3, 0.4) is 0 Å². The van der Waals surface area contributed by atoms with Crippen molar-refractivity contribution in [2.75, 3.05) is 26.8 Å². The Morgan fingerprint density at radius 1 is 1.55 bits per heavy atom. The highest BCUT2D eigenvalue weighted by atomic mass is 16.5. The zero-order chi connectivity index (χ0) is 16.2. The Morgan fingerprint density at radius 3 is 2.91 bits per heavy atom. The number of nitrogens with zero attached hydrogens (tertiary/aromatic N) is 1. The molecule has 0 aromatic carbocycles. The van der Waals surface area contributed by atoms with E-state index in [0.29, 0.717) is 25.3 Å². The number of aliphatic hydroxyl groups excluding tert-OH is 2. The standard InChI is InChI=1S/C16H25NO5/c1-3-6-16(11-18)7-8-17(9-14(16)19)15(20)13-5-4-12(22-13)10-21-2/h4-5,14,18-19H,3,6-11H2,1-2H3/t14-,16-/m1/s1. The minimum Gasteiger partial charge on any atom is -0.453 e. The Bertz CT molecular complexity index is 500. The van der Waals surface area contributed by atoms with Crippen molar-refractivity contribution in [3.63, 3.8) is 0 Å². The van der Waals surface area contributed by atoms with E-state index < -0.39 is 11.5 Å². The number of likely N-dealkylation sites (tertiary alicyclic amines) is 1. The molecule has 22 heavy (non-hydrogen) atoms. The van der Waals surface area contributed by atoms with Gasteiger partial charge in [-0.3, -0.25) is 4.79 Å². The molecular formula is C16H25NO5. The molecule has 1 aliphatic heterocycles. The number of methoxy groups -OCH3 is 1. The molecule has 1 saturated heterocycles. The van der Waals surface area contributed by atoms with Crippen LogP contribution >= 0.6 is 0 Å². The van der Waals surface area contributed by atoms with Crippen molar-refractivity contribution in [2.45, 2.75) is 38.9 Å². The van der Waals surface area contributed by atoms with Gasteiger partial charge in [0.25, 0.3) is 5.91 Å². The molecule has 2 rings (SSSR count). The van der Waals surface area contributed by atoms with E-state index in [1.54, 1.807) is 24.1 Å². The first kappa shape index (κ1) is 17.0. The number of carbonyl (C=O) groups is 1. The summed E-state index contributed by atoms with van der Waals surface area (Å²) in [6.45, 7) is 3.03. The molecule has 0 aliphatic carbocycles. The number of hydrogen-bond acceptors (Lipinski definition) is 5.